The Balaban J connectivity index is 2.18. The molecule has 0 spiro atoms. The number of nitrogens with zero attached hydrogens (tertiary/aromatic N) is 4. The quantitative estimate of drug-likeness (QED) is 0.772. The number of rotatable bonds is 8. The van der Waals surface area contributed by atoms with Crippen LogP contribution in [0.5, 0.6) is 0 Å². The summed E-state index contributed by atoms with van der Waals surface area (Å²) in [6.45, 7) is 9.18. The van der Waals surface area contributed by atoms with Gasteiger partial charge in [-0.3, -0.25) is 0 Å². The van der Waals surface area contributed by atoms with Crippen molar-refractivity contribution in [2.24, 2.45) is 0 Å². The molecule has 0 amide bonds. The van der Waals surface area contributed by atoms with Gasteiger partial charge >= 0.3 is 0 Å². The molecular formula is C14H22N6O. The van der Waals surface area contributed by atoms with Crippen molar-refractivity contribution in [1.29, 1.82) is 0 Å². The average Bonchev–Trinajstić information content (AvgIpc) is 3.00. The molecule has 7 nitrogen and oxygen atoms in total. The molecule has 2 aromatic heterocycles. The van der Waals surface area contributed by atoms with Crippen LogP contribution in [0.25, 0.3) is 0 Å². The molecule has 0 aromatic carbocycles. The van der Waals surface area contributed by atoms with Crippen molar-refractivity contribution < 1.29 is 4.42 Å². The van der Waals surface area contributed by atoms with Crippen molar-refractivity contribution in [1.82, 2.24) is 15.0 Å². The molecule has 2 N–H and O–H groups in total. The van der Waals surface area contributed by atoms with E-state index in [0.717, 1.165) is 25.4 Å². The Labute approximate surface area is 124 Å². The predicted octanol–water partition coefficient (Wildman–Crippen LogP) is 2.35. The van der Waals surface area contributed by atoms with Crippen LogP contribution in [0.2, 0.25) is 0 Å². The zero-order chi connectivity index (χ0) is 15.1. The number of anilines is 3. The van der Waals surface area contributed by atoms with E-state index in [1.807, 2.05) is 19.1 Å². The van der Waals surface area contributed by atoms with Gasteiger partial charge in [-0.15, -0.1) is 0 Å². The molecule has 0 aliphatic carbocycles. The summed E-state index contributed by atoms with van der Waals surface area (Å²) in [5.74, 6) is 2.63. The van der Waals surface area contributed by atoms with Gasteiger partial charge in [-0.2, -0.15) is 15.0 Å². The summed E-state index contributed by atoms with van der Waals surface area (Å²) in [5.41, 5.74) is 0. The number of aromatic nitrogens is 3. The molecule has 0 aliphatic heterocycles. The molecule has 2 heterocycles. The Kier molecular flexibility index (Phi) is 5.36. The van der Waals surface area contributed by atoms with E-state index in [4.69, 9.17) is 4.42 Å². The molecule has 0 atom stereocenters. The van der Waals surface area contributed by atoms with Crippen molar-refractivity contribution in [2.45, 2.75) is 27.3 Å². The van der Waals surface area contributed by atoms with Crippen LogP contribution in [-0.2, 0) is 6.54 Å². The Morgan fingerprint density at radius 1 is 1.05 bits per heavy atom. The van der Waals surface area contributed by atoms with E-state index in [0.29, 0.717) is 24.4 Å². The number of hydrogen-bond acceptors (Lipinski definition) is 7. The monoisotopic (exact) mass is 290 g/mol. The van der Waals surface area contributed by atoms with Crippen LogP contribution in [0.1, 0.15) is 26.5 Å². The summed E-state index contributed by atoms with van der Waals surface area (Å²) >= 11 is 0. The van der Waals surface area contributed by atoms with E-state index >= 15 is 0 Å². The van der Waals surface area contributed by atoms with E-state index < -0.39 is 0 Å². The van der Waals surface area contributed by atoms with E-state index in [2.05, 4.69) is 44.3 Å². The second kappa shape index (κ2) is 7.47. The summed E-state index contributed by atoms with van der Waals surface area (Å²) in [4.78, 5) is 15.4. The molecule has 0 saturated heterocycles. The zero-order valence-electron chi connectivity index (χ0n) is 12.8. The van der Waals surface area contributed by atoms with Crippen molar-refractivity contribution in [3.8, 4) is 0 Å². The first-order chi connectivity index (χ1) is 10.3. The molecule has 0 unspecified atom stereocenters. The predicted molar refractivity (Wildman–Crippen MR) is 83.6 cm³/mol. The highest BCUT2D eigenvalue weighted by molar-refractivity contribution is 5.43. The normalized spacial score (nSPS) is 10.4. The smallest absolute Gasteiger partial charge is 0.231 e. The summed E-state index contributed by atoms with van der Waals surface area (Å²) < 4.78 is 5.29. The maximum absolute atomic E-state index is 5.29. The molecule has 7 heteroatoms. The minimum Gasteiger partial charge on any atom is -0.467 e. The largest absolute Gasteiger partial charge is 0.467 e. The Morgan fingerprint density at radius 2 is 1.76 bits per heavy atom. The number of furan rings is 1. The number of nitrogens with one attached hydrogen (secondary N) is 2. The lowest BCUT2D eigenvalue weighted by Gasteiger charge is -2.19. The summed E-state index contributed by atoms with van der Waals surface area (Å²) in [7, 11) is 0. The van der Waals surface area contributed by atoms with Gasteiger partial charge in [-0.1, -0.05) is 0 Å². The van der Waals surface area contributed by atoms with E-state index in [1.54, 1.807) is 6.26 Å². The van der Waals surface area contributed by atoms with Gasteiger partial charge in [0.1, 0.15) is 5.76 Å². The molecular weight excluding hydrogens is 268 g/mol. The van der Waals surface area contributed by atoms with Crippen molar-refractivity contribution in [3.63, 3.8) is 0 Å². The van der Waals surface area contributed by atoms with Gasteiger partial charge < -0.3 is 20.0 Å². The average molecular weight is 290 g/mol. The lowest BCUT2D eigenvalue weighted by atomic mass is 10.4. The fraction of sp³-hybridized carbons (Fsp3) is 0.500. The van der Waals surface area contributed by atoms with Crippen LogP contribution >= 0.6 is 0 Å². The van der Waals surface area contributed by atoms with Crippen LogP contribution in [0, 0.1) is 0 Å². The third-order valence-corrected chi connectivity index (χ3v) is 3.01. The second-order valence-electron chi connectivity index (χ2n) is 4.42. The zero-order valence-corrected chi connectivity index (χ0v) is 12.8. The third kappa shape index (κ3) is 4.08. The molecule has 2 aromatic rings. The van der Waals surface area contributed by atoms with Crippen LogP contribution < -0.4 is 15.5 Å². The lowest BCUT2D eigenvalue weighted by molar-refractivity contribution is 0.517. The molecule has 0 saturated carbocycles. The first-order valence-electron chi connectivity index (χ1n) is 7.27. The summed E-state index contributed by atoms with van der Waals surface area (Å²) in [6.07, 6.45) is 1.65. The van der Waals surface area contributed by atoms with Gasteiger partial charge in [0.2, 0.25) is 17.8 Å². The Hall–Kier alpha value is -2.31. The molecule has 0 fully saturated rings. The molecule has 114 valence electrons. The second-order valence-corrected chi connectivity index (χ2v) is 4.42. The van der Waals surface area contributed by atoms with Crippen molar-refractivity contribution in [3.05, 3.63) is 24.2 Å². The summed E-state index contributed by atoms with van der Waals surface area (Å²) in [5, 5.41) is 6.30. The summed E-state index contributed by atoms with van der Waals surface area (Å²) in [6, 6.07) is 3.76. The lowest BCUT2D eigenvalue weighted by Crippen LogP contribution is -2.25. The fourth-order valence-electron chi connectivity index (χ4n) is 1.91. The number of hydrogen-bond donors (Lipinski definition) is 2. The van der Waals surface area contributed by atoms with Crippen LogP contribution in [0.3, 0.4) is 0 Å². The molecule has 0 aliphatic rings. The minimum absolute atomic E-state index is 0.541. The van der Waals surface area contributed by atoms with Gasteiger partial charge in [0.25, 0.3) is 0 Å². The maximum Gasteiger partial charge on any atom is 0.231 e. The molecule has 0 radical (unpaired) electrons. The highest BCUT2D eigenvalue weighted by Gasteiger charge is 2.11. The topological polar surface area (TPSA) is 79.1 Å². The van der Waals surface area contributed by atoms with Crippen LogP contribution in [0.15, 0.2) is 22.8 Å². The van der Waals surface area contributed by atoms with E-state index in [9.17, 15) is 0 Å². The Morgan fingerprint density at radius 3 is 2.33 bits per heavy atom. The minimum atomic E-state index is 0.541. The molecule has 21 heavy (non-hydrogen) atoms. The third-order valence-electron chi connectivity index (χ3n) is 3.01. The van der Waals surface area contributed by atoms with Gasteiger partial charge in [0, 0.05) is 19.6 Å². The maximum atomic E-state index is 5.29. The first kappa shape index (κ1) is 15.1. The van der Waals surface area contributed by atoms with Gasteiger partial charge in [-0.05, 0) is 32.9 Å². The van der Waals surface area contributed by atoms with Crippen LogP contribution in [0.4, 0.5) is 17.8 Å². The Bertz CT molecular complexity index is 538. The first-order valence-corrected chi connectivity index (χ1v) is 7.27. The standard InChI is InChI=1S/C14H22N6O/c1-4-15-12-17-13(16-10-11-8-7-9-21-11)19-14(18-12)20(5-2)6-3/h7-9H,4-6,10H2,1-3H3,(H2,15,16,17,18,19). The highest BCUT2D eigenvalue weighted by Crippen LogP contribution is 2.14. The highest BCUT2D eigenvalue weighted by atomic mass is 16.3. The molecule has 2 rings (SSSR count). The molecule has 0 bridgehead atoms. The van der Waals surface area contributed by atoms with Gasteiger partial charge in [0.05, 0.1) is 12.8 Å². The fourth-order valence-corrected chi connectivity index (χ4v) is 1.91. The van der Waals surface area contributed by atoms with Gasteiger partial charge in [0.15, 0.2) is 0 Å². The van der Waals surface area contributed by atoms with E-state index in [-0.39, 0.29) is 0 Å². The van der Waals surface area contributed by atoms with Gasteiger partial charge in [-0.25, -0.2) is 0 Å². The van der Waals surface area contributed by atoms with Crippen molar-refractivity contribution >= 4 is 17.8 Å². The van der Waals surface area contributed by atoms with E-state index in [1.165, 1.54) is 0 Å². The SMILES string of the molecule is CCNc1nc(NCc2ccco2)nc(N(CC)CC)n1. The van der Waals surface area contributed by atoms with Crippen molar-refractivity contribution in [2.75, 3.05) is 35.2 Å². The van der Waals surface area contributed by atoms with Crippen LogP contribution in [-0.4, -0.2) is 34.6 Å².